The highest BCUT2D eigenvalue weighted by molar-refractivity contribution is 6.30. The van der Waals surface area contributed by atoms with Crippen LogP contribution in [0.3, 0.4) is 0 Å². The van der Waals surface area contributed by atoms with Crippen LogP contribution in [0.4, 0.5) is 5.69 Å². The quantitative estimate of drug-likeness (QED) is 0.652. The minimum Gasteiger partial charge on any atom is -0.449 e. The van der Waals surface area contributed by atoms with Crippen molar-refractivity contribution in [3.05, 3.63) is 70.8 Å². The molecule has 2 aromatic rings. The Morgan fingerprint density at radius 2 is 1.88 bits per heavy atom. The first-order chi connectivity index (χ1) is 11.4. The number of hydrogen-bond acceptors (Lipinski definition) is 3. The van der Waals surface area contributed by atoms with Gasteiger partial charge < -0.3 is 10.1 Å². The molecular formula is C19H18ClNO3. The Morgan fingerprint density at radius 3 is 2.54 bits per heavy atom. The Labute approximate surface area is 146 Å². The van der Waals surface area contributed by atoms with Crippen LogP contribution in [0.5, 0.6) is 0 Å². The summed E-state index contributed by atoms with van der Waals surface area (Å²) in [5.41, 5.74) is 2.53. The molecule has 124 valence electrons. The average molecular weight is 344 g/mol. The van der Waals surface area contributed by atoms with Crippen molar-refractivity contribution in [3.63, 3.8) is 0 Å². The molecule has 0 saturated heterocycles. The van der Waals surface area contributed by atoms with Gasteiger partial charge >= 0.3 is 5.97 Å². The first-order valence-electron chi connectivity index (χ1n) is 7.46. The van der Waals surface area contributed by atoms with Crippen LogP contribution in [-0.4, -0.2) is 18.0 Å². The average Bonchev–Trinajstić information content (AvgIpc) is 2.55. The van der Waals surface area contributed by atoms with Crippen molar-refractivity contribution in [2.24, 2.45) is 0 Å². The van der Waals surface area contributed by atoms with E-state index in [0.717, 1.165) is 11.1 Å². The van der Waals surface area contributed by atoms with Crippen LogP contribution in [0.2, 0.25) is 5.02 Å². The summed E-state index contributed by atoms with van der Waals surface area (Å²) in [6.45, 7) is 3.48. The number of carbonyl (C=O) groups excluding carboxylic acids is 2. The third-order valence-corrected chi connectivity index (χ3v) is 3.48. The molecule has 0 aliphatic heterocycles. The Kier molecular flexibility index (Phi) is 6.15. The van der Waals surface area contributed by atoms with Crippen LogP contribution in [0, 0.1) is 6.92 Å². The van der Waals surface area contributed by atoms with Crippen molar-refractivity contribution < 1.29 is 14.3 Å². The molecule has 0 fully saturated rings. The third-order valence-electron chi connectivity index (χ3n) is 3.24. The Morgan fingerprint density at radius 1 is 1.17 bits per heavy atom. The zero-order valence-corrected chi connectivity index (χ0v) is 14.2. The molecular weight excluding hydrogens is 326 g/mol. The molecule has 0 unspecified atom stereocenters. The standard InChI is InChI=1S/C19H18ClNO3/c1-13-6-9-17(10-7-13)21-19(23)14(2)24-18(22)11-8-15-4-3-5-16(20)12-15/h3-12,14H,1-2H3,(H,21,23)/b11-8+/t14-/m0/s1. The summed E-state index contributed by atoms with van der Waals surface area (Å²) < 4.78 is 5.09. The smallest absolute Gasteiger partial charge is 0.331 e. The van der Waals surface area contributed by atoms with E-state index >= 15 is 0 Å². The maximum Gasteiger partial charge on any atom is 0.331 e. The molecule has 0 aliphatic carbocycles. The van der Waals surface area contributed by atoms with Gasteiger partial charge in [-0.3, -0.25) is 4.79 Å². The number of carbonyl (C=O) groups is 2. The number of hydrogen-bond donors (Lipinski definition) is 1. The van der Waals surface area contributed by atoms with E-state index in [0.29, 0.717) is 10.7 Å². The fourth-order valence-electron chi connectivity index (χ4n) is 1.92. The largest absolute Gasteiger partial charge is 0.449 e. The molecule has 4 nitrogen and oxygen atoms in total. The predicted molar refractivity (Wildman–Crippen MR) is 95.8 cm³/mol. The summed E-state index contributed by atoms with van der Waals surface area (Å²) in [5, 5.41) is 3.28. The predicted octanol–water partition coefficient (Wildman–Crippen LogP) is 4.23. The van der Waals surface area contributed by atoms with Gasteiger partial charge in [0.05, 0.1) is 0 Å². The number of benzene rings is 2. The zero-order valence-electron chi connectivity index (χ0n) is 13.5. The molecule has 0 bridgehead atoms. The summed E-state index contributed by atoms with van der Waals surface area (Å²) in [5.74, 6) is -0.982. The highest BCUT2D eigenvalue weighted by Gasteiger charge is 2.16. The molecule has 2 rings (SSSR count). The van der Waals surface area contributed by atoms with Crippen molar-refractivity contribution in [2.45, 2.75) is 20.0 Å². The molecule has 5 heteroatoms. The van der Waals surface area contributed by atoms with Gasteiger partial charge in [0.1, 0.15) is 0 Å². The molecule has 1 amide bonds. The fraction of sp³-hybridized carbons (Fsp3) is 0.158. The van der Waals surface area contributed by atoms with Crippen molar-refractivity contribution >= 4 is 35.2 Å². The van der Waals surface area contributed by atoms with E-state index in [4.69, 9.17) is 16.3 Å². The molecule has 1 N–H and O–H groups in total. The molecule has 2 aromatic carbocycles. The van der Waals surface area contributed by atoms with Gasteiger partial charge in [0.25, 0.3) is 5.91 Å². The molecule has 0 saturated carbocycles. The van der Waals surface area contributed by atoms with Crippen LogP contribution in [0.15, 0.2) is 54.6 Å². The number of rotatable bonds is 5. The lowest BCUT2D eigenvalue weighted by Crippen LogP contribution is -2.29. The van der Waals surface area contributed by atoms with Gasteiger partial charge in [0.15, 0.2) is 6.10 Å². The number of anilines is 1. The second kappa shape index (κ2) is 8.31. The van der Waals surface area contributed by atoms with Crippen molar-refractivity contribution in [1.82, 2.24) is 0 Å². The van der Waals surface area contributed by atoms with Gasteiger partial charge in [0.2, 0.25) is 0 Å². The van der Waals surface area contributed by atoms with Crippen LogP contribution in [0.25, 0.3) is 6.08 Å². The lowest BCUT2D eigenvalue weighted by Gasteiger charge is -2.12. The lowest BCUT2D eigenvalue weighted by atomic mass is 10.2. The summed E-state index contributed by atoms with van der Waals surface area (Å²) in [6.07, 6.45) is 1.95. The minimum atomic E-state index is -0.900. The summed E-state index contributed by atoms with van der Waals surface area (Å²) in [6, 6.07) is 14.4. The van der Waals surface area contributed by atoms with Gasteiger partial charge in [-0.05, 0) is 49.8 Å². The maximum absolute atomic E-state index is 12.0. The normalized spacial score (nSPS) is 12.0. The third kappa shape index (κ3) is 5.56. The zero-order chi connectivity index (χ0) is 17.5. The molecule has 0 spiro atoms. The Bertz CT molecular complexity index is 753. The number of ether oxygens (including phenoxy) is 1. The summed E-state index contributed by atoms with van der Waals surface area (Å²) >= 11 is 5.87. The first kappa shape index (κ1) is 17.8. The second-order valence-corrected chi connectivity index (χ2v) is 5.76. The topological polar surface area (TPSA) is 55.4 Å². The van der Waals surface area contributed by atoms with E-state index in [1.165, 1.54) is 13.0 Å². The van der Waals surface area contributed by atoms with Crippen molar-refractivity contribution in [2.75, 3.05) is 5.32 Å². The maximum atomic E-state index is 12.0. The Hall–Kier alpha value is -2.59. The minimum absolute atomic E-state index is 0.386. The molecule has 0 radical (unpaired) electrons. The van der Waals surface area contributed by atoms with E-state index in [9.17, 15) is 9.59 Å². The molecule has 0 aliphatic rings. The molecule has 1 atom stereocenters. The van der Waals surface area contributed by atoms with Crippen LogP contribution >= 0.6 is 11.6 Å². The number of halogens is 1. The monoisotopic (exact) mass is 343 g/mol. The van der Waals surface area contributed by atoms with E-state index in [2.05, 4.69) is 5.32 Å². The summed E-state index contributed by atoms with van der Waals surface area (Å²) in [4.78, 5) is 23.8. The summed E-state index contributed by atoms with van der Waals surface area (Å²) in [7, 11) is 0. The SMILES string of the molecule is Cc1ccc(NC(=O)[C@H](C)OC(=O)/C=C/c2cccc(Cl)c2)cc1. The number of esters is 1. The first-order valence-corrected chi connectivity index (χ1v) is 7.83. The van der Waals surface area contributed by atoms with E-state index < -0.39 is 12.1 Å². The van der Waals surface area contributed by atoms with Gasteiger partial charge in [-0.2, -0.15) is 0 Å². The highest BCUT2D eigenvalue weighted by Crippen LogP contribution is 2.12. The second-order valence-electron chi connectivity index (χ2n) is 5.32. The van der Waals surface area contributed by atoms with Crippen LogP contribution < -0.4 is 5.32 Å². The van der Waals surface area contributed by atoms with Crippen LogP contribution in [0.1, 0.15) is 18.1 Å². The van der Waals surface area contributed by atoms with Crippen molar-refractivity contribution in [1.29, 1.82) is 0 Å². The van der Waals surface area contributed by atoms with Gasteiger partial charge in [-0.25, -0.2) is 4.79 Å². The highest BCUT2D eigenvalue weighted by atomic mass is 35.5. The van der Waals surface area contributed by atoms with Gasteiger partial charge in [0, 0.05) is 16.8 Å². The Balaban J connectivity index is 1.88. The molecule has 0 aromatic heterocycles. The number of nitrogens with one attached hydrogen (secondary N) is 1. The lowest BCUT2D eigenvalue weighted by molar-refractivity contribution is -0.148. The fourth-order valence-corrected chi connectivity index (χ4v) is 2.12. The van der Waals surface area contributed by atoms with Gasteiger partial charge in [-0.15, -0.1) is 0 Å². The molecule has 0 heterocycles. The van der Waals surface area contributed by atoms with E-state index in [-0.39, 0.29) is 5.91 Å². The molecule has 24 heavy (non-hydrogen) atoms. The number of amides is 1. The van der Waals surface area contributed by atoms with E-state index in [1.807, 2.05) is 25.1 Å². The van der Waals surface area contributed by atoms with Gasteiger partial charge in [-0.1, -0.05) is 41.4 Å². The van der Waals surface area contributed by atoms with Crippen LogP contribution in [-0.2, 0) is 14.3 Å². The van der Waals surface area contributed by atoms with E-state index in [1.54, 1.807) is 36.4 Å². The van der Waals surface area contributed by atoms with Crippen molar-refractivity contribution in [3.8, 4) is 0 Å². The number of aryl methyl sites for hydroxylation is 1.